The number of benzene rings is 2. The summed E-state index contributed by atoms with van der Waals surface area (Å²) in [7, 11) is 2.19. The van der Waals surface area contributed by atoms with Crippen LogP contribution in [0.5, 0.6) is 11.5 Å². The molecule has 1 spiro atoms. The van der Waals surface area contributed by atoms with E-state index in [0.29, 0.717) is 5.75 Å². The maximum atomic E-state index is 12.6. The van der Waals surface area contributed by atoms with Gasteiger partial charge in [-0.3, -0.25) is 9.80 Å². The fourth-order valence-electron chi connectivity index (χ4n) is 7.90. The van der Waals surface area contributed by atoms with Crippen LogP contribution in [0.3, 0.4) is 0 Å². The first kappa shape index (κ1) is 20.3. The summed E-state index contributed by atoms with van der Waals surface area (Å²) in [5.41, 5.74) is 2.44. The normalized spacial score (nSPS) is 36.5. The zero-order chi connectivity index (χ0) is 22.4. The predicted molar refractivity (Wildman–Crippen MR) is 126 cm³/mol. The van der Waals surface area contributed by atoms with Gasteiger partial charge in [0.25, 0.3) is 0 Å². The number of phenols is 1. The summed E-state index contributed by atoms with van der Waals surface area (Å²) >= 11 is 0. The zero-order valence-electron chi connectivity index (χ0n) is 19.4. The van der Waals surface area contributed by atoms with Gasteiger partial charge in [-0.1, -0.05) is 36.4 Å². The third-order valence-electron chi connectivity index (χ3n) is 9.57. The fraction of sp³-hybridized carbons (Fsp3) is 0.571. The standard InChI is InChI=1S/C28H34N2O3/c1-29(16-18-5-3-2-4-6-18)21-11-12-28(32)23-15-20-9-10-22(31)25-24(20)27(28,26(21)33-25)13-14-30(23)17-19-7-8-19/h2-6,9-10,19,21,23,26,31-32H,7-8,11-17H2,1H3/t21-,23+,26-,27-,28+/m0/s1. The molecule has 2 N–H and O–H groups in total. The summed E-state index contributed by atoms with van der Waals surface area (Å²) in [6.07, 6.45) is 5.98. The van der Waals surface area contributed by atoms with Gasteiger partial charge in [0, 0.05) is 30.7 Å². The highest BCUT2D eigenvalue weighted by atomic mass is 16.5. The molecule has 5 atom stereocenters. The van der Waals surface area contributed by atoms with Crippen molar-refractivity contribution in [3.8, 4) is 11.5 Å². The Balaban J connectivity index is 1.31. The molecule has 5 heteroatoms. The Kier molecular flexibility index (Phi) is 4.29. The Morgan fingerprint density at radius 2 is 1.91 bits per heavy atom. The van der Waals surface area contributed by atoms with Crippen LogP contribution in [0, 0.1) is 5.92 Å². The number of hydrogen-bond acceptors (Lipinski definition) is 5. The van der Waals surface area contributed by atoms with E-state index < -0.39 is 11.0 Å². The first-order valence-electron chi connectivity index (χ1n) is 12.7. The molecule has 3 fully saturated rings. The van der Waals surface area contributed by atoms with Crippen LogP contribution in [0.25, 0.3) is 0 Å². The molecule has 1 saturated heterocycles. The second kappa shape index (κ2) is 6.97. The lowest BCUT2D eigenvalue weighted by atomic mass is 9.48. The Hall–Kier alpha value is -2.08. The molecule has 2 bridgehead atoms. The monoisotopic (exact) mass is 446 g/mol. The quantitative estimate of drug-likeness (QED) is 0.737. The molecule has 2 saturated carbocycles. The van der Waals surface area contributed by atoms with Crippen LogP contribution in [0.15, 0.2) is 42.5 Å². The van der Waals surface area contributed by atoms with E-state index in [2.05, 4.69) is 53.2 Å². The molecular weight excluding hydrogens is 412 g/mol. The molecule has 2 aromatic rings. The van der Waals surface area contributed by atoms with E-state index in [4.69, 9.17) is 4.74 Å². The molecule has 0 amide bonds. The van der Waals surface area contributed by atoms with Crippen LogP contribution in [-0.2, 0) is 18.4 Å². The number of aromatic hydroxyl groups is 1. The van der Waals surface area contributed by atoms with Crippen LogP contribution >= 0.6 is 0 Å². The Bertz CT molecular complexity index is 1090. The molecule has 174 valence electrons. The van der Waals surface area contributed by atoms with Crippen molar-refractivity contribution < 1.29 is 14.9 Å². The van der Waals surface area contributed by atoms with Crippen molar-refractivity contribution in [3.05, 3.63) is 59.2 Å². The SMILES string of the molecule is CN(Cc1ccccc1)[C@H]1CC[C@@]2(O)[C@H]3Cc4ccc(O)c5c4[C@@]2(CCN3CC2CC2)[C@H]1O5. The molecule has 5 aliphatic rings. The average Bonchev–Trinajstić information content (AvgIpc) is 3.55. The van der Waals surface area contributed by atoms with E-state index in [0.717, 1.165) is 56.8 Å². The highest BCUT2D eigenvalue weighted by Crippen LogP contribution is 2.66. The largest absolute Gasteiger partial charge is 0.504 e. The van der Waals surface area contributed by atoms with Gasteiger partial charge in [0.1, 0.15) is 6.10 Å². The van der Waals surface area contributed by atoms with Gasteiger partial charge in [-0.15, -0.1) is 0 Å². The molecule has 2 heterocycles. The third-order valence-corrected chi connectivity index (χ3v) is 9.57. The van der Waals surface area contributed by atoms with Gasteiger partial charge in [-0.05, 0) is 75.2 Å². The molecule has 2 aromatic carbocycles. The first-order chi connectivity index (χ1) is 16.0. The topological polar surface area (TPSA) is 56.2 Å². The maximum Gasteiger partial charge on any atom is 0.165 e. The molecule has 5 nitrogen and oxygen atoms in total. The van der Waals surface area contributed by atoms with Gasteiger partial charge < -0.3 is 14.9 Å². The highest BCUT2D eigenvalue weighted by molar-refractivity contribution is 5.62. The van der Waals surface area contributed by atoms with Crippen LogP contribution in [0.4, 0.5) is 0 Å². The molecule has 0 unspecified atom stereocenters. The van der Waals surface area contributed by atoms with Crippen molar-refractivity contribution in [1.82, 2.24) is 9.80 Å². The summed E-state index contributed by atoms with van der Waals surface area (Å²) in [5, 5.41) is 23.4. The van der Waals surface area contributed by atoms with Gasteiger partial charge >= 0.3 is 0 Å². The lowest BCUT2D eigenvalue weighted by molar-refractivity contribution is -0.200. The Morgan fingerprint density at radius 3 is 2.70 bits per heavy atom. The first-order valence-corrected chi connectivity index (χ1v) is 12.7. The smallest absolute Gasteiger partial charge is 0.165 e. The van der Waals surface area contributed by atoms with E-state index in [9.17, 15) is 10.2 Å². The number of rotatable bonds is 5. The van der Waals surface area contributed by atoms with Gasteiger partial charge in [0.2, 0.25) is 0 Å². The van der Waals surface area contributed by atoms with Crippen molar-refractivity contribution in [2.45, 2.75) is 74.3 Å². The van der Waals surface area contributed by atoms with E-state index in [1.165, 1.54) is 24.0 Å². The fourth-order valence-corrected chi connectivity index (χ4v) is 7.90. The third kappa shape index (κ3) is 2.70. The van der Waals surface area contributed by atoms with E-state index in [-0.39, 0.29) is 23.9 Å². The Labute approximate surface area is 196 Å². The van der Waals surface area contributed by atoms with E-state index >= 15 is 0 Å². The molecule has 33 heavy (non-hydrogen) atoms. The maximum absolute atomic E-state index is 12.6. The minimum absolute atomic E-state index is 0.140. The van der Waals surface area contributed by atoms with Crippen LogP contribution in [0.2, 0.25) is 0 Å². The molecular formula is C28H34N2O3. The van der Waals surface area contributed by atoms with Crippen LogP contribution in [-0.4, -0.2) is 63.9 Å². The summed E-state index contributed by atoms with van der Waals surface area (Å²) in [4.78, 5) is 5.01. The van der Waals surface area contributed by atoms with Gasteiger partial charge in [0.15, 0.2) is 11.5 Å². The molecule has 0 aromatic heterocycles. The number of hydrogen-bond donors (Lipinski definition) is 2. The lowest BCUT2D eigenvalue weighted by Crippen LogP contribution is -2.78. The summed E-state index contributed by atoms with van der Waals surface area (Å²) in [6.45, 7) is 2.98. The van der Waals surface area contributed by atoms with E-state index in [1.54, 1.807) is 6.07 Å². The van der Waals surface area contributed by atoms with E-state index in [1.807, 2.05) is 0 Å². The second-order valence-electron chi connectivity index (χ2n) is 11.3. The molecule has 0 radical (unpaired) electrons. The zero-order valence-corrected chi connectivity index (χ0v) is 19.4. The van der Waals surface area contributed by atoms with Gasteiger partial charge in [0.05, 0.1) is 11.0 Å². The number of aliphatic hydroxyl groups is 1. The van der Waals surface area contributed by atoms with Gasteiger partial charge in [-0.25, -0.2) is 0 Å². The molecule has 2 aliphatic heterocycles. The van der Waals surface area contributed by atoms with Gasteiger partial charge in [-0.2, -0.15) is 0 Å². The number of likely N-dealkylation sites (N-methyl/N-ethyl adjacent to an activating group) is 1. The van der Waals surface area contributed by atoms with Crippen molar-refractivity contribution in [1.29, 1.82) is 0 Å². The van der Waals surface area contributed by atoms with Crippen molar-refractivity contribution >= 4 is 0 Å². The number of likely N-dealkylation sites (tertiary alicyclic amines) is 1. The summed E-state index contributed by atoms with van der Waals surface area (Å²) < 4.78 is 6.70. The lowest BCUT2D eigenvalue weighted by Gasteiger charge is -2.64. The molecule has 3 aliphatic carbocycles. The highest BCUT2D eigenvalue weighted by Gasteiger charge is 2.73. The Morgan fingerprint density at radius 1 is 1.09 bits per heavy atom. The average molecular weight is 447 g/mol. The second-order valence-corrected chi connectivity index (χ2v) is 11.3. The van der Waals surface area contributed by atoms with Crippen LogP contribution < -0.4 is 4.74 Å². The summed E-state index contributed by atoms with van der Waals surface area (Å²) in [5.74, 6) is 1.68. The van der Waals surface area contributed by atoms with Crippen molar-refractivity contribution in [2.75, 3.05) is 20.1 Å². The van der Waals surface area contributed by atoms with Crippen molar-refractivity contribution in [3.63, 3.8) is 0 Å². The summed E-state index contributed by atoms with van der Waals surface area (Å²) in [6, 6.07) is 14.8. The number of piperidine rings is 1. The minimum atomic E-state index is -0.805. The number of ether oxygens (including phenoxy) is 1. The predicted octanol–water partition coefficient (Wildman–Crippen LogP) is 3.46. The van der Waals surface area contributed by atoms with Crippen LogP contribution in [0.1, 0.15) is 48.8 Å². The number of phenolic OH excluding ortho intramolecular Hbond substituents is 1. The van der Waals surface area contributed by atoms with Crippen molar-refractivity contribution in [2.24, 2.45) is 5.92 Å². The number of nitrogens with zero attached hydrogens (tertiary/aromatic N) is 2. The minimum Gasteiger partial charge on any atom is -0.504 e. The molecule has 7 rings (SSSR count).